The fourth-order valence-corrected chi connectivity index (χ4v) is 2.81. The molecule has 7 heteroatoms. The van der Waals surface area contributed by atoms with Crippen LogP contribution in [0.15, 0.2) is 42.5 Å². The molecule has 0 unspecified atom stereocenters. The lowest BCUT2D eigenvalue weighted by molar-refractivity contribution is -0.0442. The van der Waals surface area contributed by atoms with E-state index in [1.54, 1.807) is 26.0 Å². The summed E-state index contributed by atoms with van der Waals surface area (Å²) in [7, 11) is -3.57. The highest BCUT2D eigenvalue weighted by atomic mass is 32.2. The van der Waals surface area contributed by atoms with E-state index in [0.717, 1.165) is 11.8 Å². The number of fused-ring (bicyclic) bond motifs is 1. The van der Waals surface area contributed by atoms with Gasteiger partial charge in [-0.1, -0.05) is 30.3 Å². The molecular formula is C18H20O6S. The van der Waals surface area contributed by atoms with Crippen molar-refractivity contribution in [2.24, 2.45) is 0 Å². The van der Waals surface area contributed by atoms with Gasteiger partial charge in [-0.2, -0.15) is 8.42 Å². The number of rotatable bonds is 6. The highest BCUT2D eigenvalue weighted by Crippen LogP contribution is 2.48. The third-order valence-electron chi connectivity index (χ3n) is 3.52. The molecule has 2 aromatic carbocycles. The number of ether oxygens (including phenoxy) is 3. The molecule has 0 atom stereocenters. The van der Waals surface area contributed by atoms with Gasteiger partial charge in [-0.15, -0.1) is 0 Å². The minimum absolute atomic E-state index is 0.139. The molecule has 0 bridgehead atoms. The van der Waals surface area contributed by atoms with E-state index in [2.05, 4.69) is 0 Å². The van der Waals surface area contributed by atoms with Gasteiger partial charge in [0.2, 0.25) is 11.5 Å². The predicted octanol–water partition coefficient (Wildman–Crippen LogP) is 3.25. The van der Waals surface area contributed by atoms with Crippen LogP contribution in [0.1, 0.15) is 25.0 Å². The zero-order valence-electron chi connectivity index (χ0n) is 14.3. The van der Waals surface area contributed by atoms with E-state index in [-0.39, 0.29) is 6.61 Å². The Bertz CT molecular complexity index is 859. The average molecular weight is 364 g/mol. The van der Waals surface area contributed by atoms with Crippen molar-refractivity contribution in [1.82, 2.24) is 0 Å². The summed E-state index contributed by atoms with van der Waals surface area (Å²) in [6.45, 7) is 3.76. The molecule has 0 saturated heterocycles. The summed E-state index contributed by atoms with van der Waals surface area (Å²) in [6.07, 6.45) is 1.01. The van der Waals surface area contributed by atoms with Crippen molar-refractivity contribution in [3.8, 4) is 17.2 Å². The van der Waals surface area contributed by atoms with Crippen LogP contribution in [0.5, 0.6) is 17.2 Å². The lowest BCUT2D eigenvalue weighted by Crippen LogP contribution is -2.29. The minimum atomic E-state index is -3.57. The van der Waals surface area contributed by atoms with Gasteiger partial charge in [0.25, 0.3) is 10.1 Å². The summed E-state index contributed by atoms with van der Waals surface area (Å²) in [5.74, 6) is 0.617. The molecule has 0 fully saturated rings. The van der Waals surface area contributed by atoms with E-state index in [0.29, 0.717) is 29.4 Å². The summed E-state index contributed by atoms with van der Waals surface area (Å²) in [5.41, 5.74) is 1.55. The molecule has 1 heterocycles. The van der Waals surface area contributed by atoms with Crippen molar-refractivity contribution < 1.29 is 26.8 Å². The van der Waals surface area contributed by atoms with Crippen LogP contribution >= 0.6 is 0 Å². The SMILES string of the molecule is CC1(C)Oc2ccc(COS(C)(=O)=O)c(OCc3ccccc3)c2O1. The zero-order chi connectivity index (χ0) is 18.1. The highest BCUT2D eigenvalue weighted by Gasteiger charge is 2.35. The van der Waals surface area contributed by atoms with Gasteiger partial charge in [0.1, 0.15) is 6.61 Å². The summed E-state index contributed by atoms with van der Waals surface area (Å²) < 4.78 is 45.0. The fraction of sp³-hybridized carbons (Fsp3) is 0.333. The van der Waals surface area contributed by atoms with Crippen LogP contribution in [-0.2, 0) is 27.5 Å². The quantitative estimate of drug-likeness (QED) is 0.733. The molecule has 1 aliphatic rings. The molecule has 1 aliphatic heterocycles. The Morgan fingerprint density at radius 1 is 1.00 bits per heavy atom. The lowest BCUT2D eigenvalue weighted by atomic mass is 10.2. The number of hydrogen-bond acceptors (Lipinski definition) is 6. The first kappa shape index (κ1) is 17.6. The maximum absolute atomic E-state index is 11.3. The first-order valence-corrected chi connectivity index (χ1v) is 9.60. The third-order valence-corrected chi connectivity index (χ3v) is 4.06. The van der Waals surface area contributed by atoms with Crippen LogP contribution in [0.2, 0.25) is 0 Å². The molecule has 25 heavy (non-hydrogen) atoms. The van der Waals surface area contributed by atoms with Crippen LogP contribution in [0.4, 0.5) is 0 Å². The van der Waals surface area contributed by atoms with Gasteiger partial charge < -0.3 is 14.2 Å². The van der Waals surface area contributed by atoms with E-state index >= 15 is 0 Å². The minimum Gasteiger partial charge on any atom is -0.484 e. The molecular weight excluding hydrogens is 344 g/mol. The number of benzene rings is 2. The van der Waals surface area contributed by atoms with Gasteiger partial charge in [0, 0.05) is 19.4 Å². The van der Waals surface area contributed by atoms with Crippen LogP contribution in [0.3, 0.4) is 0 Å². The molecule has 0 aliphatic carbocycles. The van der Waals surface area contributed by atoms with Gasteiger partial charge in [-0.3, -0.25) is 4.18 Å². The normalized spacial score (nSPS) is 15.2. The van der Waals surface area contributed by atoms with Gasteiger partial charge in [-0.25, -0.2) is 0 Å². The highest BCUT2D eigenvalue weighted by molar-refractivity contribution is 7.85. The number of hydrogen-bond donors (Lipinski definition) is 0. The second-order valence-electron chi connectivity index (χ2n) is 6.23. The van der Waals surface area contributed by atoms with E-state index in [9.17, 15) is 8.42 Å². The summed E-state index contributed by atoms with van der Waals surface area (Å²) in [4.78, 5) is 0. The Labute approximate surface area is 147 Å². The average Bonchev–Trinajstić information content (AvgIpc) is 2.85. The summed E-state index contributed by atoms with van der Waals surface area (Å²) >= 11 is 0. The largest absolute Gasteiger partial charge is 0.484 e. The lowest BCUT2D eigenvalue weighted by Gasteiger charge is -2.17. The van der Waals surface area contributed by atoms with E-state index in [4.69, 9.17) is 18.4 Å². The van der Waals surface area contributed by atoms with Crippen LogP contribution in [0, 0.1) is 0 Å². The van der Waals surface area contributed by atoms with Crippen LogP contribution in [0.25, 0.3) is 0 Å². The first-order chi connectivity index (χ1) is 11.7. The molecule has 2 aromatic rings. The topological polar surface area (TPSA) is 71.1 Å². The van der Waals surface area contributed by atoms with Crippen molar-refractivity contribution >= 4 is 10.1 Å². The Morgan fingerprint density at radius 2 is 1.72 bits per heavy atom. The standard InChI is InChI=1S/C18H20O6S/c1-18(2)23-15-10-9-14(12-22-25(3,19)20)16(17(15)24-18)21-11-13-7-5-4-6-8-13/h4-10H,11-12H2,1-3H3. The van der Waals surface area contributed by atoms with Crippen molar-refractivity contribution in [1.29, 1.82) is 0 Å². The van der Waals surface area contributed by atoms with E-state index < -0.39 is 15.9 Å². The smallest absolute Gasteiger partial charge is 0.264 e. The van der Waals surface area contributed by atoms with Crippen molar-refractivity contribution in [2.45, 2.75) is 32.8 Å². The molecule has 3 rings (SSSR count). The molecule has 0 radical (unpaired) electrons. The van der Waals surface area contributed by atoms with Crippen LogP contribution in [-0.4, -0.2) is 20.5 Å². The van der Waals surface area contributed by atoms with Gasteiger partial charge in [0.15, 0.2) is 11.5 Å². The Hall–Kier alpha value is -2.25. The Morgan fingerprint density at radius 3 is 2.40 bits per heavy atom. The van der Waals surface area contributed by atoms with Crippen molar-refractivity contribution in [2.75, 3.05) is 6.26 Å². The maximum Gasteiger partial charge on any atom is 0.264 e. The maximum atomic E-state index is 11.3. The fourth-order valence-electron chi connectivity index (χ4n) is 2.47. The third kappa shape index (κ3) is 4.43. The first-order valence-electron chi connectivity index (χ1n) is 7.78. The predicted molar refractivity (Wildman–Crippen MR) is 92.2 cm³/mol. The second-order valence-corrected chi connectivity index (χ2v) is 7.87. The second kappa shape index (κ2) is 6.57. The summed E-state index contributed by atoms with van der Waals surface area (Å²) in [6, 6.07) is 13.1. The molecule has 0 saturated carbocycles. The van der Waals surface area contributed by atoms with Gasteiger partial charge in [-0.05, 0) is 17.7 Å². The zero-order valence-corrected chi connectivity index (χ0v) is 15.1. The molecule has 0 aromatic heterocycles. The van der Waals surface area contributed by atoms with Gasteiger partial charge in [0.05, 0.1) is 12.9 Å². The molecule has 0 spiro atoms. The molecule has 0 amide bonds. The van der Waals surface area contributed by atoms with Gasteiger partial charge >= 0.3 is 0 Å². The monoisotopic (exact) mass is 364 g/mol. The Kier molecular flexibility index (Phi) is 4.62. The van der Waals surface area contributed by atoms with Crippen molar-refractivity contribution in [3.63, 3.8) is 0 Å². The Balaban J connectivity index is 1.90. The summed E-state index contributed by atoms with van der Waals surface area (Å²) in [5, 5.41) is 0. The molecule has 6 nitrogen and oxygen atoms in total. The van der Waals surface area contributed by atoms with E-state index in [1.807, 2.05) is 30.3 Å². The molecule has 134 valence electrons. The van der Waals surface area contributed by atoms with E-state index in [1.165, 1.54) is 0 Å². The molecule has 0 N–H and O–H groups in total. The van der Waals surface area contributed by atoms with Crippen molar-refractivity contribution in [3.05, 3.63) is 53.6 Å². The van der Waals surface area contributed by atoms with Crippen LogP contribution < -0.4 is 14.2 Å².